The van der Waals surface area contributed by atoms with Crippen LogP contribution in [-0.4, -0.2) is 28.1 Å². The molecule has 0 radical (unpaired) electrons. The summed E-state index contributed by atoms with van der Waals surface area (Å²) in [6.07, 6.45) is 1.65. The topological polar surface area (TPSA) is 70.7 Å². The molecule has 1 aromatic carbocycles. The van der Waals surface area contributed by atoms with Crippen molar-refractivity contribution < 1.29 is 4.79 Å². The van der Waals surface area contributed by atoms with Crippen LogP contribution in [0.5, 0.6) is 0 Å². The van der Waals surface area contributed by atoms with E-state index in [4.69, 9.17) is 11.6 Å². The summed E-state index contributed by atoms with van der Waals surface area (Å²) < 4.78 is 0. The van der Waals surface area contributed by atoms with Crippen molar-refractivity contribution in [2.75, 3.05) is 7.05 Å². The molecule has 0 fully saturated rings. The van der Waals surface area contributed by atoms with Crippen molar-refractivity contribution >= 4 is 28.4 Å². The number of benzene rings is 1. The Morgan fingerprint density at radius 1 is 1.30 bits per heavy atom. The third-order valence-corrected chi connectivity index (χ3v) is 3.27. The van der Waals surface area contributed by atoms with Gasteiger partial charge in [0, 0.05) is 23.6 Å². The molecule has 1 amide bonds. The van der Waals surface area contributed by atoms with Gasteiger partial charge in [-0.25, -0.2) is 4.98 Å². The maximum absolute atomic E-state index is 11.5. The molecule has 0 saturated heterocycles. The number of aromatic nitrogens is 3. The lowest BCUT2D eigenvalue weighted by Gasteiger charge is -2.02. The van der Waals surface area contributed by atoms with E-state index in [9.17, 15) is 4.79 Å². The van der Waals surface area contributed by atoms with Gasteiger partial charge in [0.2, 0.25) is 0 Å². The van der Waals surface area contributed by atoms with Gasteiger partial charge in [-0.2, -0.15) is 5.10 Å². The molecule has 2 heterocycles. The number of fused-ring (bicyclic) bond motifs is 1. The lowest BCUT2D eigenvalue weighted by Crippen LogP contribution is -2.17. The molecule has 0 aliphatic carbocycles. The van der Waals surface area contributed by atoms with Gasteiger partial charge in [-0.1, -0.05) is 23.7 Å². The number of nitrogens with zero attached hydrogens (tertiary/aromatic N) is 2. The maximum atomic E-state index is 11.5. The Bertz CT molecular complexity index is 779. The Kier molecular flexibility index (Phi) is 3.12. The quantitative estimate of drug-likeness (QED) is 0.712. The van der Waals surface area contributed by atoms with Crippen molar-refractivity contribution in [2.24, 2.45) is 0 Å². The zero-order valence-electron chi connectivity index (χ0n) is 10.6. The molecule has 0 aliphatic rings. The normalized spacial score (nSPS) is 10.7. The smallest absolute Gasteiger partial charge is 0.251 e. The van der Waals surface area contributed by atoms with Crippen LogP contribution in [0.1, 0.15) is 10.4 Å². The van der Waals surface area contributed by atoms with Crippen LogP contribution in [0.15, 0.2) is 36.5 Å². The number of amides is 1. The molecule has 2 aromatic heterocycles. The molecule has 0 bridgehead atoms. The first-order valence-corrected chi connectivity index (χ1v) is 6.39. The highest BCUT2D eigenvalue weighted by molar-refractivity contribution is 6.30. The highest BCUT2D eigenvalue weighted by atomic mass is 35.5. The minimum Gasteiger partial charge on any atom is -0.355 e. The van der Waals surface area contributed by atoms with Crippen molar-refractivity contribution in [2.45, 2.75) is 0 Å². The largest absolute Gasteiger partial charge is 0.355 e. The van der Waals surface area contributed by atoms with Crippen LogP contribution >= 0.6 is 11.6 Å². The van der Waals surface area contributed by atoms with E-state index in [1.807, 2.05) is 12.1 Å². The molecule has 0 saturated carbocycles. The monoisotopic (exact) mass is 286 g/mol. The molecule has 0 spiro atoms. The third-order valence-electron chi connectivity index (χ3n) is 3.06. The van der Waals surface area contributed by atoms with E-state index in [2.05, 4.69) is 20.5 Å². The van der Waals surface area contributed by atoms with Gasteiger partial charge in [0.1, 0.15) is 10.8 Å². The lowest BCUT2D eigenvalue weighted by atomic mass is 10.1. The predicted octanol–water partition coefficient (Wildman–Crippen LogP) is 2.64. The van der Waals surface area contributed by atoms with Gasteiger partial charge >= 0.3 is 0 Å². The average molecular weight is 287 g/mol. The molecular weight excluding hydrogens is 276 g/mol. The fraction of sp³-hybridized carbons (Fsp3) is 0.0714. The van der Waals surface area contributed by atoms with Crippen molar-refractivity contribution in [1.29, 1.82) is 0 Å². The zero-order chi connectivity index (χ0) is 14.1. The van der Waals surface area contributed by atoms with Crippen molar-refractivity contribution in [3.8, 4) is 11.3 Å². The molecular formula is C14H11ClN4O. The third kappa shape index (κ3) is 2.12. The zero-order valence-corrected chi connectivity index (χ0v) is 11.4. The van der Waals surface area contributed by atoms with E-state index in [-0.39, 0.29) is 5.91 Å². The van der Waals surface area contributed by atoms with Gasteiger partial charge in [0.05, 0.1) is 11.7 Å². The lowest BCUT2D eigenvalue weighted by molar-refractivity contribution is 0.0963. The molecule has 0 aliphatic heterocycles. The number of H-pyrrole nitrogens is 1. The Morgan fingerprint density at radius 3 is 2.75 bits per heavy atom. The van der Waals surface area contributed by atoms with Crippen LogP contribution in [0.4, 0.5) is 0 Å². The van der Waals surface area contributed by atoms with E-state index in [1.54, 1.807) is 31.4 Å². The fourth-order valence-electron chi connectivity index (χ4n) is 2.04. The minimum atomic E-state index is -0.115. The second kappa shape index (κ2) is 4.94. The highest BCUT2D eigenvalue weighted by Gasteiger charge is 2.10. The Hall–Kier alpha value is -2.40. The van der Waals surface area contributed by atoms with Crippen LogP contribution in [0.2, 0.25) is 5.15 Å². The number of hydrogen-bond donors (Lipinski definition) is 2. The standard InChI is InChI=1S/C14H11ClN4O/c1-16-14(20)9-4-2-8(3-5-9)13-10-6-12(15)17-7-11(10)18-19-13/h2-7H,1H3,(H,16,20)(H,18,19). The predicted molar refractivity (Wildman–Crippen MR) is 77.7 cm³/mol. The molecule has 5 nitrogen and oxygen atoms in total. The Morgan fingerprint density at radius 2 is 2.05 bits per heavy atom. The Labute approximate surface area is 120 Å². The van der Waals surface area contributed by atoms with Crippen LogP contribution in [0.3, 0.4) is 0 Å². The van der Waals surface area contributed by atoms with Gasteiger partial charge in [-0.3, -0.25) is 9.89 Å². The summed E-state index contributed by atoms with van der Waals surface area (Å²) in [7, 11) is 1.60. The molecule has 20 heavy (non-hydrogen) atoms. The van der Waals surface area contributed by atoms with E-state index < -0.39 is 0 Å². The van der Waals surface area contributed by atoms with E-state index in [1.165, 1.54) is 0 Å². The van der Waals surface area contributed by atoms with Crippen LogP contribution in [0, 0.1) is 0 Å². The molecule has 3 rings (SSSR count). The second-order valence-electron chi connectivity index (χ2n) is 4.28. The van der Waals surface area contributed by atoms with Gasteiger partial charge in [0.15, 0.2) is 0 Å². The molecule has 0 atom stereocenters. The van der Waals surface area contributed by atoms with Crippen LogP contribution in [0.25, 0.3) is 22.2 Å². The highest BCUT2D eigenvalue weighted by Crippen LogP contribution is 2.27. The number of pyridine rings is 1. The number of nitrogens with one attached hydrogen (secondary N) is 2. The number of carbonyl (C=O) groups excluding carboxylic acids is 1. The number of carbonyl (C=O) groups is 1. The van der Waals surface area contributed by atoms with Crippen molar-refractivity contribution in [3.63, 3.8) is 0 Å². The first-order valence-electron chi connectivity index (χ1n) is 6.01. The SMILES string of the molecule is CNC(=O)c1ccc(-c2n[nH]c3cnc(Cl)cc23)cc1. The van der Waals surface area contributed by atoms with E-state index >= 15 is 0 Å². The van der Waals surface area contributed by atoms with Crippen LogP contribution < -0.4 is 5.32 Å². The summed E-state index contributed by atoms with van der Waals surface area (Å²) in [5, 5.41) is 11.1. The summed E-state index contributed by atoms with van der Waals surface area (Å²) in [5.74, 6) is -0.115. The summed E-state index contributed by atoms with van der Waals surface area (Å²) in [6, 6.07) is 9.00. The fourth-order valence-corrected chi connectivity index (χ4v) is 2.19. The second-order valence-corrected chi connectivity index (χ2v) is 4.67. The van der Waals surface area contributed by atoms with E-state index in [0.717, 1.165) is 22.2 Å². The number of rotatable bonds is 2. The number of halogens is 1. The first-order chi connectivity index (χ1) is 9.69. The summed E-state index contributed by atoms with van der Waals surface area (Å²) in [5.41, 5.74) is 3.12. The molecule has 3 aromatic rings. The van der Waals surface area contributed by atoms with Gasteiger partial charge in [0.25, 0.3) is 5.91 Å². The van der Waals surface area contributed by atoms with Crippen molar-refractivity contribution in [1.82, 2.24) is 20.5 Å². The summed E-state index contributed by atoms with van der Waals surface area (Å²) in [4.78, 5) is 15.5. The molecule has 0 unspecified atom stereocenters. The summed E-state index contributed by atoms with van der Waals surface area (Å²) >= 11 is 5.91. The molecule has 100 valence electrons. The van der Waals surface area contributed by atoms with E-state index in [0.29, 0.717) is 10.7 Å². The number of hydrogen-bond acceptors (Lipinski definition) is 3. The van der Waals surface area contributed by atoms with Crippen molar-refractivity contribution in [3.05, 3.63) is 47.2 Å². The summed E-state index contributed by atoms with van der Waals surface area (Å²) in [6.45, 7) is 0. The molecule has 6 heteroatoms. The Balaban J connectivity index is 2.07. The minimum absolute atomic E-state index is 0.115. The van der Waals surface area contributed by atoms with Gasteiger partial charge in [-0.05, 0) is 18.2 Å². The first kappa shape index (κ1) is 12.6. The number of aromatic amines is 1. The van der Waals surface area contributed by atoms with Gasteiger partial charge in [-0.15, -0.1) is 0 Å². The maximum Gasteiger partial charge on any atom is 0.251 e. The molecule has 2 N–H and O–H groups in total. The average Bonchev–Trinajstić information content (AvgIpc) is 2.89. The van der Waals surface area contributed by atoms with Crippen LogP contribution in [-0.2, 0) is 0 Å². The van der Waals surface area contributed by atoms with Gasteiger partial charge < -0.3 is 5.32 Å².